The third-order valence-corrected chi connectivity index (χ3v) is 3.02. The maximum atomic E-state index is 11.8. The molecule has 16 heavy (non-hydrogen) atoms. The molecule has 1 aliphatic rings. The maximum Gasteiger partial charge on any atom is 0.250 e. The van der Waals surface area contributed by atoms with E-state index in [9.17, 15) is 9.59 Å². The van der Waals surface area contributed by atoms with Crippen LogP contribution in [0.3, 0.4) is 0 Å². The Morgan fingerprint density at radius 3 is 2.75 bits per heavy atom. The zero-order valence-electron chi connectivity index (χ0n) is 9.43. The normalized spacial score (nSPS) is 20.6. The first-order valence-corrected chi connectivity index (χ1v) is 5.23. The Labute approximate surface area is 93.5 Å². The summed E-state index contributed by atoms with van der Waals surface area (Å²) in [6, 6.07) is 1.11. The SMILES string of the molecule is CN1C(=O)C(N)CCc2cc(=O)n(C)cc21. The molecule has 0 fully saturated rings. The quantitative estimate of drug-likeness (QED) is 0.649. The number of pyridine rings is 1. The molecule has 1 unspecified atom stereocenters. The average Bonchev–Trinajstić information content (AvgIpc) is 2.35. The summed E-state index contributed by atoms with van der Waals surface area (Å²) in [4.78, 5) is 24.9. The molecule has 2 N–H and O–H groups in total. The molecule has 2 rings (SSSR count). The van der Waals surface area contributed by atoms with Crippen LogP contribution in [0.25, 0.3) is 0 Å². The van der Waals surface area contributed by atoms with Crippen molar-refractivity contribution in [3.63, 3.8) is 0 Å². The van der Waals surface area contributed by atoms with Gasteiger partial charge in [0.15, 0.2) is 0 Å². The molecular formula is C11H15N3O2. The molecule has 0 saturated heterocycles. The Morgan fingerprint density at radius 2 is 2.06 bits per heavy atom. The van der Waals surface area contributed by atoms with E-state index in [4.69, 9.17) is 5.73 Å². The van der Waals surface area contributed by atoms with Crippen LogP contribution in [-0.4, -0.2) is 23.6 Å². The number of aryl methyl sites for hydroxylation is 2. The number of fused-ring (bicyclic) bond motifs is 1. The third kappa shape index (κ3) is 1.63. The first kappa shape index (κ1) is 10.9. The number of carbonyl (C=O) groups excluding carboxylic acids is 1. The van der Waals surface area contributed by atoms with Crippen LogP contribution in [0.15, 0.2) is 17.1 Å². The standard InChI is InChI=1S/C11H15N3O2/c1-13-6-9-7(5-10(13)15)3-4-8(12)11(16)14(9)2/h5-6,8H,3-4,12H2,1-2H3. The van der Waals surface area contributed by atoms with Gasteiger partial charge in [-0.3, -0.25) is 9.59 Å². The van der Waals surface area contributed by atoms with Crippen LogP contribution in [0.2, 0.25) is 0 Å². The molecule has 1 atom stereocenters. The molecule has 0 bridgehead atoms. The van der Waals surface area contributed by atoms with Crippen LogP contribution in [0.1, 0.15) is 12.0 Å². The molecule has 5 nitrogen and oxygen atoms in total. The monoisotopic (exact) mass is 221 g/mol. The van der Waals surface area contributed by atoms with Crippen LogP contribution in [-0.2, 0) is 18.3 Å². The molecular weight excluding hydrogens is 206 g/mol. The highest BCUT2D eigenvalue weighted by molar-refractivity contribution is 5.97. The smallest absolute Gasteiger partial charge is 0.250 e. The predicted octanol–water partition coefficient (Wildman–Crippen LogP) is -0.378. The van der Waals surface area contributed by atoms with Gasteiger partial charge in [-0.05, 0) is 18.4 Å². The van der Waals surface area contributed by atoms with E-state index in [1.807, 2.05) is 0 Å². The number of likely N-dealkylation sites (N-methyl/N-ethyl adjacent to an activating group) is 1. The summed E-state index contributed by atoms with van der Waals surface area (Å²) in [5.74, 6) is -0.0996. The van der Waals surface area contributed by atoms with Gasteiger partial charge in [0, 0.05) is 26.4 Å². The molecule has 0 saturated carbocycles. The van der Waals surface area contributed by atoms with Crippen molar-refractivity contribution >= 4 is 11.6 Å². The molecule has 5 heteroatoms. The highest BCUT2D eigenvalue weighted by Crippen LogP contribution is 2.23. The van der Waals surface area contributed by atoms with Crippen molar-refractivity contribution in [3.05, 3.63) is 28.2 Å². The van der Waals surface area contributed by atoms with Crippen LogP contribution < -0.4 is 16.2 Å². The summed E-state index contributed by atoms with van der Waals surface area (Å²) < 4.78 is 1.47. The number of nitrogens with two attached hydrogens (primary N) is 1. The van der Waals surface area contributed by atoms with E-state index in [0.717, 1.165) is 11.3 Å². The minimum atomic E-state index is -0.474. The molecule has 0 aromatic carbocycles. The number of amides is 1. The molecule has 1 aromatic rings. The second-order valence-electron chi connectivity index (χ2n) is 4.18. The Balaban J connectivity index is 2.57. The largest absolute Gasteiger partial charge is 0.320 e. The first-order valence-electron chi connectivity index (χ1n) is 5.23. The molecule has 1 aliphatic heterocycles. The summed E-state index contributed by atoms with van der Waals surface area (Å²) in [5.41, 5.74) is 7.36. The molecule has 0 aliphatic carbocycles. The van der Waals surface area contributed by atoms with E-state index in [1.54, 1.807) is 26.4 Å². The molecule has 0 radical (unpaired) electrons. The lowest BCUT2D eigenvalue weighted by atomic mass is 10.1. The van der Waals surface area contributed by atoms with Gasteiger partial charge >= 0.3 is 0 Å². The van der Waals surface area contributed by atoms with Crippen LogP contribution in [0.4, 0.5) is 5.69 Å². The van der Waals surface area contributed by atoms with Gasteiger partial charge in [0.1, 0.15) is 0 Å². The fraction of sp³-hybridized carbons (Fsp3) is 0.455. The first-order chi connectivity index (χ1) is 7.50. The van der Waals surface area contributed by atoms with Crippen LogP contribution in [0.5, 0.6) is 0 Å². The number of carbonyl (C=O) groups is 1. The van der Waals surface area contributed by atoms with E-state index in [0.29, 0.717) is 12.8 Å². The van der Waals surface area contributed by atoms with Gasteiger partial charge in [-0.2, -0.15) is 0 Å². The number of nitrogens with zero attached hydrogens (tertiary/aromatic N) is 2. The van der Waals surface area contributed by atoms with Gasteiger partial charge in [-0.15, -0.1) is 0 Å². The Bertz CT molecular complexity index is 492. The summed E-state index contributed by atoms with van der Waals surface area (Å²) in [6.45, 7) is 0. The number of anilines is 1. The Morgan fingerprint density at radius 1 is 1.38 bits per heavy atom. The molecule has 2 heterocycles. The second-order valence-corrected chi connectivity index (χ2v) is 4.18. The molecule has 1 aromatic heterocycles. The van der Waals surface area contributed by atoms with Crippen molar-refractivity contribution in [1.82, 2.24) is 4.57 Å². The van der Waals surface area contributed by atoms with Gasteiger partial charge in [-0.1, -0.05) is 0 Å². The third-order valence-electron chi connectivity index (χ3n) is 3.02. The van der Waals surface area contributed by atoms with Crippen molar-refractivity contribution < 1.29 is 4.79 Å². The topological polar surface area (TPSA) is 68.3 Å². The number of aromatic nitrogens is 1. The van der Waals surface area contributed by atoms with E-state index in [-0.39, 0.29) is 11.5 Å². The minimum Gasteiger partial charge on any atom is -0.320 e. The van der Waals surface area contributed by atoms with Crippen molar-refractivity contribution in [2.24, 2.45) is 12.8 Å². The Kier molecular flexibility index (Phi) is 2.55. The van der Waals surface area contributed by atoms with Gasteiger partial charge < -0.3 is 15.2 Å². The van der Waals surface area contributed by atoms with Crippen molar-refractivity contribution in [1.29, 1.82) is 0 Å². The lowest BCUT2D eigenvalue weighted by molar-refractivity contribution is -0.119. The number of hydrogen-bond donors (Lipinski definition) is 1. The van der Waals surface area contributed by atoms with Gasteiger partial charge in [0.25, 0.3) is 5.56 Å². The van der Waals surface area contributed by atoms with Crippen LogP contribution in [0, 0.1) is 0 Å². The highest BCUT2D eigenvalue weighted by atomic mass is 16.2. The fourth-order valence-electron chi connectivity index (χ4n) is 1.96. The Hall–Kier alpha value is -1.62. The van der Waals surface area contributed by atoms with Crippen molar-refractivity contribution in [2.45, 2.75) is 18.9 Å². The van der Waals surface area contributed by atoms with Crippen LogP contribution >= 0.6 is 0 Å². The minimum absolute atomic E-state index is 0.0601. The van der Waals surface area contributed by atoms with Crippen molar-refractivity contribution in [2.75, 3.05) is 11.9 Å². The highest BCUT2D eigenvalue weighted by Gasteiger charge is 2.25. The lowest BCUT2D eigenvalue weighted by Crippen LogP contribution is -2.40. The summed E-state index contributed by atoms with van der Waals surface area (Å²) >= 11 is 0. The maximum absolute atomic E-state index is 11.8. The zero-order valence-corrected chi connectivity index (χ0v) is 9.43. The molecule has 86 valence electrons. The summed E-state index contributed by atoms with van der Waals surface area (Å²) in [6.07, 6.45) is 2.94. The van der Waals surface area contributed by atoms with E-state index in [1.165, 1.54) is 9.47 Å². The van der Waals surface area contributed by atoms with Crippen molar-refractivity contribution in [3.8, 4) is 0 Å². The number of rotatable bonds is 0. The predicted molar refractivity (Wildman–Crippen MR) is 61.4 cm³/mol. The van der Waals surface area contributed by atoms with Gasteiger partial charge in [0.2, 0.25) is 5.91 Å². The van der Waals surface area contributed by atoms with E-state index >= 15 is 0 Å². The van der Waals surface area contributed by atoms with Gasteiger partial charge in [0.05, 0.1) is 11.7 Å². The zero-order chi connectivity index (χ0) is 11.9. The van der Waals surface area contributed by atoms with E-state index < -0.39 is 6.04 Å². The number of hydrogen-bond acceptors (Lipinski definition) is 3. The van der Waals surface area contributed by atoms with Gasteiger partial charge in [-0.25, -0.2) is 0 Å². The average molecular weight is 221 g/mol. The summed E-state index contributed by atoms with van der Waals surface area (Å²) in [5, 5.41) is 0. The lowest BCUT2D eigenvalue weighted by Gasteiger charge is -2.19. The van der Waals surface area contributed by atoms with E-state index in [2.05, 4.69) is 0 Å². The second kappa shape index (κ2) is 3.75. The molecule has 1 amide bonds. The fourth-order valence-corrected chi connectivity index (χ4v) is 1.96. The molecule has 0 spiro atoms. The summed E-state index contributed by atoms with van der Waals surface area (Å²) in [7, 11) is 3.36.